The molecule has 37 heavy (non-hydrogen) atoms. The smallest absolute Gasteiger partial charge is 0.312 e. The van der Waals surface area contributed by atoms with E-state index in [1.54, 1.807) is 14.0 Å². The molecule has 10 atom stereocenters. The zero-order chi connectivity index (χ0) is 27.2. The molecule has 5 saturated carbocycles. The van der Waals surface area contributed by atoms with Crippen molar-refractivity contribution in [3.05, 3.63) is 12.2 Å². The van der Waals surface area contributed by atoms with Gasteiger partial charge in [0.2, 0.25) is 0 Å². The van der Waals surface area contributed by atoms with Gasteiger partial charge in [0, 0.05) is 12.3 Å². The lowest BCUT2D eigenvalue weighted by Gasteiger charge is -2.72. The van der Waals surface area contributed by atoms with Crippen LogP contribution < -0.4 is 0 Å². The van der Waals surface area contributed by atoms with E-state index in [4.69, 9.17) is 9.47 Å². The zero-order valence-corrected chi connectivity index (χ0v) is 24.9. The summed E-state index contributed by atoms with van der Waals surface area (Å²) in [4.78, 5) is 25.3. The monoisotopic (exact) mass is 512 g/mol. The van der Waals surface area contributed by atoms with E-state index < -0.39 is 0 Å². The number of allylic oxidation sites excluding steroid dienone is 1. The summed E-state index contributed by atoms with van der Waals surface area (Å²) in [6.45, 7) is 20.7. The normalized spacial score (nSPS) is 50.1. The minimum atomic E-state index is -0.322. The van der Waals surface area contributed by atoms with Crippen molar-refractivity contribution >= 4 is 11.9 Å². The first kappa shape index (κ1) is 27.3. The molecule has 0 aromatic heterocycles. The van der Waals surface area contributed by atoms with Crippen LogP contribution in [0.15, 0.2) is 12.2 Å². The Morgan fingerprint density at radius 3 is 2.11 bits per heavy atom. The third kappa shape index (κ3) is 3.45. The molecular weight excluding hydrogens is 460 g/mol. The average molecular weight is 513 g/mol. The summed E-state index contributed by atoms with van der Waals surface area (Å²) in [5, 5.41) is 0. The Labute approximate surface area is 225 Å². The number of ether oxygens (including phenoxy) is 2. The maximum atomic E-state index is 13.4. The highest BCUT2D eigenvalue weighted by atomic mass is 16.5. The summed E-state index contributed by atoms with van der Waals surface area (Å²) in [5.41, 5.74) is 1.63. The van der Waals surface area contributed by atoms with Crippen LogP contribution in [0.3, 0.4) is 0 Å². The van der Waals surface area contributed by atoms with Crippen molar-refractivity contribution in [2.45, 2.75) is 119 Å². The summed E-state index contributed by atoms with van der Waals surface area (Å²) in [5.74, 6) is 2.43. The molecule has 5 fully saturated rings. The fourth-order valence-electron chi connectivity index (χ4n) is 12.1. The van der Waals surface area contributed by atoms with Gasteiger partial charge >= 0.3 is 11.9 Å². The minimum absolute atomic E-state index is 0.0130. The third-order valence-electron chi connectivity index (χ3n) is 13.9. The largest absolute Gasteiger partial charge is 0.469 e. The molecule has 4 heteroatoms. The van der Waals surface area contributed by atoms with Gasteiger partial charge in [-0.2, -0.15) is 0 Å². The van der Waals surface area contributed by atoms with Crippen LogP contribution in [-0.2, 0) is 19.1 Å². The maximum absolute atomic E-state index is 13.4. The molecule has 0 bridgehead atoms. The quantitative estimate of drug-likeness (QED) is 0.286. The number of hydrogen-bond acceptors (Lipinski definition) is 4. The Morgan fingerprint density at radius 1 is 0.784 bits per heavy atom. The molecule has 0 N–H and O–H groups in total. The van der Waals surface area contributed by atoms with Crippen LogP contribution in [0.1, 0.15) is 113 Å². The van der Waals surface area contributed by atoms with Gasteiger partial charge in [0.15, 0.2) is 0 Å². The lowest BCUT2D eigenvalue weighted by atomic mass is 9.32. The standard InChI is InChI=1S/C33H52O4/c1-20(2)22-12-17-33(28(35)36-9)19-18-31(7)23(27(22)33)10-11-25-30(6)15-14-26(37-21(3)34)29(4,5)24(30)13-16-32(25,31)8/h22-27H,1,10-19H2,2-9H3/t22-,23-,24-,25+,26-,27+,30-,31+,32+,33-/m0/s1. The highest BCUT2D eigenvalue weighted by Crippen LogP contribution is 2.77. The minimum Gasteiger partial charge on any atom is -0.469 e. The van der Waals surface area contributed by atoms with E-state index in [-0.39, 0.29) is 45.1 Å². The van der Waals surface area contributed by atoms with Gasteiger partial charge in [-0.3, -0.25) is 9.59 Å². The summed E-state index contributed by atoms with van der Waals surface area (Å²) >= 11 is 0. The molecular formula is C33H52O4. The van der Waals surface area contributed by atoms with Crippen LogP contribution >= 0.6 is 0 Å². The highest BCUT2D eigenvalue weighted by Gasteiger charge is 2.72. The van der Waals surface area contributed by atoms with Crippen LogP contribution in [-0.4, -0.2) is 25.2 Å². The second-order valence-electron chi connectivity index (χ2n) is 15.3. The summed E-state index contributed by atoms with van der Waals surface area (Å²) in [6.07, 6.45) is 11.1. The molecule has 0 unspecified atom stereocenters. The fraction of sp³-hybridized carbons (Fsp3) is 0.879. The van der Waals surface area contributed by atoms with E-state index in [1.807, 2.05) is 0 Å². The molecule has 5 aliphatic rings. The highest BCUT2D eigenvalue weighted by molar-refractivity contribution is 5.78. The van der Waals surface area contributed by atoms with Crippen LogP contribution in [0.5, 0.6) is 0 Å². The van der Waals surface area contributed by atoms with Gasteiger partial charge in [0.05, 0.1) is 12.5 Å². The molecule has 0 aromatic rings. The third-order valence-corrected chi connectivity index (χ3v) is 13.9. The molecule has 0 amide bonds. The van der Waals surface area contributed by atoms with Gasteiger partial charge in [0.25, 0.3) is 0 Å². The van der Waals surface area contributed by atoms with Gasteiger partial charge in [-0.05, 0) is 117 Å². The van der Waals surface area contributed by atoms with Crippen LogP contribution in [0.25, 0.3) is 0 Å². The van der Waals surface area contributed by atoms with E-state index in [2.05, 4.69) is 48.1 Å². The lowest BCUT2D eigenvalue weighted by molar-refractivity contribution is -0.250. The number of esters is 2. The Morgan fingerprint density at radius 2 is 1.49 bits per heavy atom. The predicted molar refractivity (Wildman–Crippen MR) is 147 cm³/mol. The molecule has 4 nitrogen and oxygen atoms in total. The molecule has 5 aliphatic carbocycles. The number of methoxy groups -OCH3 is 1. The van der Waals surface area contributed by atoms with Crippen LogP contribution in [0.4, 0.5) is 0 Å². The number of rotatable bonds is 3. The Hall–Kier alpha value is -1.32. The fourth-order valence-corrected chi connectivity index (χ4v) is 12.1. The summed E-state index contributed by atoms with van der Waals surface area (Å²) < 4.78 is 11.4. The van der Waals surface area contributed by atoms with Crippen molar-refractivity contribution in [3.63, 3.8) is 0 Å². The van der Waals surface area contributed by atoms with Gasteiger partial charge in [0.1, 0.15) is 6.10 Å². The lowest BCUT2D eigenvalue weighted by Crippen LogP contribution is -2.67. The topological polar surface area (TPSA) is 52.6 Å². The van der Waals surface area contributed by atoms with E-state index in [0.717, 1.165) is 38.5 Å². The number of fused-ring (bicyclic) bond motifs is 7. The second-order valence-corrected chi connectivity index (χ2v) is 15.3. The second kappa shape index (κ2) is 8.59. The Bertz CT molecular complexity index is 983. The molecule has 0 radical (unpaired) electrons. The van der Waals surface area contributed by atoms with Gasteiger partial charge in [-0.25, -0.2) is 0 Å². The average Bonchev–Trinajstić information content (AvgIpc) is 3.22. The maximum Gasteiger partial charge on any atom is 0.312 e. The van der Waals surface area contributed by atoms with Crippen molar-refractivity contribution in [1.82, 2.24) is 0 Å². The van der Waals surface area contributed by atoms with Crippen molar-refractivity contribution in [2.24, 2.45) is 56.7 Å². The SMILES string of the molecule is C=C(C)[C@@H]1CC[C@]2(C(=O)OC)CC[C@]3(C)[C@@H](CC[C@@H]4[C@@]5(C)CC[C@H](OC(C)=O)C(C)(C)[C@@H]5CC[C@]43C)[C@@H]12. The van der Waals surface area contributed by atoms with Crippen LogP contribution in [0.2, 0.25) is 0 Å². The van der Waals surface area contributed by atoms with Crippen molar-refractivity contribution < 1.29 is 19.1 Å². The molecule has 0 heterocycles. The van der Waals surface area contributed by atoms with E-state index >= 15 is 0 Å². The molecule has 0 aromatic carbocycles. The van der Waals surface area contributed by atoms with Crippen molar-refractivity contribution in [1.29, 1.82) is 0 Å². The number of hydrogen-bond donors (Lipinski definition) is 0. The predicted octanol–water partition coefficient (Wildman–Crippen LogP) is 7.75. The summed E-state index contributed by atoms with van der Waals surface area (Å²) in [6, 6.07) is 0. The first-order chi connectivity index (χ1) is 17.2. The van der Waals surface area contributed by atoms with Gasteiger partial charge < -0.3 is 9.47 Å². The van der Waals surface area contributed by atoms with Crippen molar-refractivity contribution in [2.75, 3.05) is 7.11 Å². The molecule has 5 rings (SSSR count). The van der Waals surface area contributed by atoms with Gasteiger partial charge in [-0.15, -0.1) is 0 Å². The van der Waals surface area contributed by atoms with Crippen LogP contribution in [0, 0.1) is 56.7 Å². The molecule has 0 saturated heterocycles. The van der Waals surface area contributed by atoms with E-state index in [1.165, 1.54) is 31.3 Å². The molecule has 0 spiro atoms. The van der Waals surface area contributed by atoms with E-state index in [0.29, 0.717) is 29.6 Å². The Kier molecular flexibility index (Phi) is 6.33. The van der Waals surface area contributed by atoms with Gasteiger partial charge in [-0.1, -0.05) is 46.8 Å². The number of carbonyl (C=O) groups excluding carboxylic acids is 2. The van der Waals surface area contributed by atoms with Crippen molar-refractivity contribution in [3.8, 4) is 0 Å². The van der Waals surface area contributed by atoms with E-state index in [9.17, 15) is 9.59 Å². The Balaban J connectivity index is 1.52. The summed E-state index contributed by atoms with van der Waals surface area (Å²) in [7, 11) is 1.59. The molecule has 0 aliphatic heterocycles. The number of carbonyl (C=O) groups is 2. The molecule has 208 valence electrons. The first-order valence-electron chi connectivity index (χ1n) is 15.1. The first-order valence-corrected chi connectivity index (χ1v) is 15.1. The zero-order valence-electron chi connectivity index (χ0n) is 24.9.